The molecule has 2 rings (SSSR count). The Kier molecular flexibility index (Phi) is 5.11. The molecule has 0 aromatic heterocycles. The molecule has 0 saturated carbocycles. The largest absolute Gasteiger partial charge is 0.464 e. The highest BCUT2D eigenvalue weighted by Gasteiger charge is 2.39. The number of ether oxygens (including phenoxy) is 2. The minimum atomic E-state index is -1.13. The van der Waals surface area contributed by atoms with E-state index >= 15 is 0 Å². The molecule has 1 fully saturated rings. The third kappa shape index (κ3) is 3.36. The van der Waals surface area contributed by atoms with Gasteiger partial charge in [0.1, 0.15) is 0 Å². The second-order valence-electron chi connectivity index (χ2n) is 4.95. The van der Waals surface area contributed by atoms with Crippen LogP contribution in [-0.4, -0.2) is 50.3 Å². The smallest absolute Gasteiger partial charge is 0.332 e. The van der Waals surface area contributed by atoms with E-state index in [0.717, 1.165) is 18.7 Å². The van der Waals surface area contributed by atoms with Gasteiger partial charge in [-0.15, -0.1) is 0 Å². The van der Waals surface area contributed by atoms with Gasteiger partial charge in [-0.3, -0.25) is 4.90 Å². The molecule has 1 aliphatic heterocycles. The molecule has 1 aromatic carbocycles. The van der Waals surface area contributed by atoms with Gasteiger partial charge in [0, 0.05) is 19.6 Å². The van der Waals surface area contributed by atoms with E-state index in [-0.39, 0.29) is 5.97 Å². The molecule has 1 aliphatic rings. The Hall–Kier alpha value is -1.43. The van der Waals surface area contributed by atoms with Crippen molar-refractivity contribution < 1.29 is 14.3 Å². The van der Waals surface area contributed by atoms with Crippen molar-refractivity contribution in [3.8, 4) is 0 Å². The fourth-order valence-electron chi connectivity index (χ4n) is 2.38. The summed E-state index contributed by atoms with van der Waals surface area (Å²) in [6.07, 6.45) is 0. The van der Waals surface area contributed by atoms with Gasteiger partial charge >= 0.3 is 5.97 Å². The van der Waals surface area contributed by atoms with Crippen LogP contribution in [0.1, 0.15) is 12.5 Å². The van der Waals surface area contributed by atoms with Gasteiger partial charge in [0.25, 0.3) is 0 Å². The van der Waals surface area contributed by atoms with Crippen LogP contribution in [0.25, 0.3) is 0 Å². The maximum atomic E-state index is 12.3. The lowest BCUT2D eigenvalue weighted by atomic mass is 9.90. The second kappa shape index (κ2) is 6.83. The maximum absolute atomic E-state index is 12.3. The number of morpholine rings is 1. The van der Waals surface area contributed by atoms with Crippen LogP contribution in [0, 0.1) is 0 Å². The van der Waals surface area contributed by atoms with Crippen LogP contribution in [0.15, 0.2) is 30.3 Å². The lowest BCUT2D eigenvalue weighted by Crippen LogP contribution is -2.56. The first-order chi connectivity index (χ1) is 9.66. The molecule has 2 N–H and O–H groups in total. The Morgan fingerprint density at radius 3 is 2.60 bits per heavy atom. The van der Waals surface area contributed by atoms with Crippen molar-refractivity contribution in [3.05, 3.63) is 35.9 Å². The van der Waals surface area contributed by atoms with E-state index in [1.54, 1.807) is 6.92 Å². The third-order valence-corrected chi connectivity index (χ3v) is 3.51. The summed E-state index contributed by atoms with van der Waals surface area (Å²) in [7, 11) is 0. The van der Waals surface area contributed by atoms with E-state index in [9.17, 15) is 4.79 Å². The van der Waals surface area contributed by atoms with Crippen molar-refractivity contribution in [2.75, 3.05) is 39.5 Å². The zero-order chi connectivity index (χ0) is 14.4. The fraction of sp³-hybridized carbons (Fsp3) is 0.533. The van der Waals surface area contributed by atoms with E-state index in [2.05, 4.69) is 4.90 Å². The molecule has 1 heterocycles. The zero-order valence-corrected chi connectivity index (χ0v) is 11.9. The number of nitrogens with zero attached hydrogens (tertiary/aromatic N) is 1. The van der Waals surface area contributed by atoms with E-state index in [1.807, 2.05) is 30.3 Å². The van der Waals surface area contributed by atoms with Crippen molar-refractivity contribution >= 4 is 5.97 Å². The normalized spacial score (nSPS) is 19.3. The van der Waals surface area contributed by atoms with E-state index in [0.29, 0.717) is 26.4 Å². The van der Waals surface area contributed by atoms with Crippen LogP contribution in [0.5, 0.6) is 0 Å². The molecule has 1 aromatic rings. The van der Waals surface area contributed by atoms with Gasteiger partial charge in [0.15, 0.2) is 5.54 Å². The first kappa shape index (κ1) is 15.0. The van der Waals surface area contributed by atoms with Crippen molar-refractivity contribution in [1.82, 2.24) is 4.90 Å². The molecular formula is C15H22N2O3. The molecule has 1 saturated heterocycles. The molecule has 5 nitrogen and oxygen atoms in total. The predicted octanol–water partition coefficient (Wildman–Crippen LogP) is 0.736. The number of esters is 1. The minimum Gasteiger partial charge on any atom is -0.464 e. The van der Waals surface area contributed by atoms with Crippen LogP contribution in [0.2, 0.25) is 0 Å². The number of hydrogen-bond acceptors (Lipinski definition) is 5. The van der Waals surface area contributed by atoms with Gasteiger partial charge in [-0.05, 0) is 12.5 Å². The molecule has 1 unspecified atom stereocenters. The zero-order valence-electron chi connectivity index (χ0n) is 11.9. The lowest BCUT2D eigenvalue weighted by molar-refractivity contribution is -0.151. The van der Waals surface area contributed by atoms with Gasteiger partial charge in [-0.1, -0.05) is 30.3 Å². The monoisotopic (exact) mass is 278 g/mol. The number of carbonyl (C=O) groups excluding carboxylic acids is 1. The molecule has 110 valence electrons. The molecule has 0 spiro atoms. The van der Waals surface area contributed by atoms with Gasteiger partial charge in [0.2, 0.25) is 0 Å². The standard InChI is InChI=1S/C15H22N2O3/c1-2-20-14(18)15(16,13-6-4-3-5-7-13)12-17-8-10-19-11-9-17/h3-7H,2,8-12,16H2,1H3. The van der Waals surface area contributed by atoms with Crippen LogP contribution in [0.3, 0.4) is 0 Å². The number of hydrogen-bond donors (Lipinski definition) is 1. The molecule has 0 amide bonds. The van der Waals surface area contributed by atoms with Gasteiger partial charge in [-0.2, -0.15) is 0 Å². The summed E-state index contributed by atoms with van der Waals surface area (Å²) in [6.45, 7) is 5.47. The average molecular weight is 278 g/mol. The maximum Gasteiger partial charge on any atom is 0.332 e. The lowest BCUT2D eigenvalue weighted by Gasteiger charge is -2.35. The van der Waals surface area contributed by atoms with E-state index in [1.165, 1.54) is 0 Å². The highest BCUT2D eigenvalue weighted by Crippen LogP contribution is 2.22. The second-order valence-corrected chi connectivity index (χ2v) is 4.95. The molecule has 1 atom stereocenters. The van der Waals surface area contributed by atoms with Crippen LogP contribution in [0.4, 0.5) is 0 Å². The minimum absolute atomic E-state index is 0.327. The summed E-state index contributed by atoms with van der Waals surface area (Å²) >= 11 is 0. The number of nitrogens with two attached hydrogens (primary N) is 1. The summed E-state index contributed by atoms with van der Waals surface area (Å²) in [4.78, 5) is 14.5. The Labute approximate surface area is 119 Å². The van der Waals surface area contributed by atoms with Gasteiger partial charge in [0.05, 0.1) is 19.8 Å². The quantitative estimate of drug-likeness (QED) is 0.805. The van der Waals surface area contributed by atoms with Crippen molar-refractivity contribution in [2.45, 2.75) is 12.5 Å². The Morgan fingerprint density at radius 1 is 1.35 bits per heavy atom. The van der Waals surface area contributed by atoms with Crippen LogP contribution in [-0.2, 0) is 19.8 Å². The SMILES string of the molecule is CCOC(=O)C(N)(CN1CCOCC1)c1ccccc1. The summed E-state index contributed by atoms with van der Waals surface area (Å²) in [5.74, 6) is -0.377. The van der Waals surface area contributed by atoms with Crippen LogP contribution >= 0.6 is 0 Å². The average Bonchev–Trinajstić information content (AvgIpc) is 2.49. The fourth-order valence-corrected chi connectivity index (χ4v) is 2.38. The molecular weight excluding hydrogens is 256 g/mol. The van der Waals surface area contributed by atoms with Crippen molar-refractivity contribution in [2.24, 2.45) is 5.73 Å². The molecule has 5 heteroatoms. The van der Waals surface area contributed by atoms with E-state index in [4.69, 9.17) is 15.2 Å². The predicted molar refractivity (Wildman–Crippen MR) is 76.2 cm³/mol. The summed E-state index contributed by atoms with van der Waals surface area (Å²) < 4.78 is 10.5. The Morgan fingerprint density at radius 2 is 2.00 bits per heavy atom. The molecule has 0 radical (unpaired) electrons. The number of carbonyl (C=O) groups is 1. The summed E-state index contributed by atoms with van der Waals surface area (Å²) in [5.41, 5.74) is 6.07. The highest BCUT2D eigenvalue weighted by atomic mass is 16.5. The Balaban J connectivity index is 2.21. The third-order valence-electron chi connectivity index (χ3n) is 3.51. The van der Waals surface area contributed by atoms with Crippen molar-refractivity contribution in [3.63, 3.8) is 0 Å². The molecule has 20 heavy (non-hydrogen) atoms. The number of benzene rings is 1. The first-order valence-corrected chi connectivity index (χ1v) is 6.98. The van der Waals surface area contributed by atoms with Crippen molar-refractivity contribution in [1.29, 1.82) is 0 Å². The molecule has 0 bridgehead atoms. The number of rotatable bonds is 5. The van der Waals surface area contributed by atoms with E-state index < -0.39 is 5.54 Å². The van der Waals surface area contributed by atoms with Gasteiger partial charge < -0.3 is 15.2 Å². The topological polar surface area (TPSA) is 64.8 Å². The van der Waals surface area contributed by atoms with Crippen LogP contribution < -0.4 is 5.73 Å². The molecule has 0 aliphatic carbocycles. The van der Waals surface area contributed by atoms with Gasteiger partial charge in [-0.25, -0.2) is 4.79 Å². The summed E-state index contributed by atoms with van der Waals surface area (Å²) in [6, 6.07) is 9.42. The Bertz CT molecular complexity index is 432. The summed E-state index contributed by atoms with van der Waals surface area (Å²) in [5, 5.41) is 0. The first-order valence-electron chi connectivity index (χ1n) is 6.98. The highest BCUT2D eigenvalue weighted by molar-refractivity contribution is 5.82.